The smallest absolute Gasteiger partial charge is 0.211 e. The van der Waals surface area contributed by atoms with Gasteiger partial charge >= 0.3 is 0 Å². The van der Waals surface area contributed by atoms with E-state index >= 15 is 0 Å². The Morgan fingerprint density at radius 2 is 2.14 bits per heavy atom. The number of hydrogen-bond donors (Lipinski definition) is 2. The highest BCUT2D eigenvalue weighted by molar-refractivity contribution is 8.00. The lowest BCUT2D eigenvalue weighted by Gasteiger charge is -2.34. The zero-order chi connectivity index (χ0) is 15.7. The largest absolute Gasteiger partial charge is 0.357 e. The minimum Gasteiger partial charge on any atom is -0.357 e. The molecule has 1 heterocycles. The van der Waals surface area contributed by atoms with Gasteiger partial charge in [0, 0.05) is 37.2 Å². The van der Waals surface area contributed by atoms with Crippen LogP contribution in [0, 0.1) is 0 Å². The van der Waals surface area contributed by atoms with Crippen LogP contribution in [0.25, 0.3) is 0 Å². The molecular formula is C13H28N4O2S2. The van der Waals surface area contributed by atoms with Crippen molar-refractivity contribution in [3.63, 3.8) is 0 Å². The highest BCUT2D eigenvalue weighted by Crippen LogP contribution is 2.20. The summed E-state index contributed by atoms with van der Waals surface area (Å²) in [4.78, 5) is 6.82. The minimum atomic E-state index is -3.12. The molecule has 1 saturated heterocycles. The van der Waals surface area contributed by atoms with Gasteiger partial charge in [0.15, 0.2) is 5.96 Å². The lowest BCUT2D eigenvalue weighted by atomic mass is 10.3. The monoisotopic (exact) mass is 336 g/mol. The van der Waals surface area contributed by atoms with Gasteiger partial charge < -0.3 is 10.2 Å². The van der Waals surface area contributed by atoms with E-state index in [9.17, 15) is 8.42 Å². The van der Waals surface area contributed by atoms with Crippen molar-refractivity contribution in [2.45, 2.75) is 32.4 Å². The van der Waals surface area contributed by atoms with Crippen molar-refractivity contribution in [2.75, 3.05) is 44.2 Å². The van der Waals surface area contributed by atoms with Crippen LogP contribution in [-0.2, 0) is 10.0 Å². The molecule has 1 unspecified atom stereocenters. The van der Waals surface area contributed by atoms with Crippen LogP contribution in [0.1, 0.15) is 27.2 Å². The molecule has 1 fully saturated rings. The average Bonchev–Trinajstić information content (AvgIpc) is 2.50. The fraction of sp³-hybridized carbons (Fsp3) is 0.923. The Morgan fingerprint density at radius 3 is 2.76 bits per heavy atom. The van der Waals surface area contributed by atoms with Crippen LogP contribution >= 0.6 is 11.8 Å². The van der Waals surface area contributed by atoms with E-state index < -0.39 is 10.0 Å². The van der Waals surface area contributed by atoms with Crippen molar-refractivity contribution in [1.82, 2.24) is 14.9 Å². The van der Waals surface area contributed by atoms with E-state index in [1.165, 1.54) is 0 Å². The topological polar surface area (TPSA) is 73.8 Å². The zero-order valence-corrected chi connectivity index (χ0v) is 14.9. The van der Waals surface area contributed by atoms with E-state index in [2.05, 4.69) is 26.9 Å². The number of hydrogen-bond acceptors (Lipinski definition) is 4. The van der Waals surface area contributed by atoms with E-state index in [0.29, 0.717) is 18.3 Å². The molecule has 1 aliphatic rings. The molecule has 2 N–H and O–H groups in total. The Kier molecular flexibility index (Phi) is 8.43. The van der Waals surface area contributed by atoms with Gasteiger partial charge in [-0.15, -0.1) is 0 Å². The van der Waals surface area contributed by atoms with E-state index in [1.54, 1.807) is 6.92 Å². The molecule has 1 aliphatic heterocycles. The number of sulfonamides is 1. The van der Waals surface area contributed by atoms with Gasteiger partial charge in [0.25, 0.3) is 0 Å². The second kappa shape index (κ2) is 9.53. The molecule has 6 nitrogen and oxygen atoms in total. The standard InChI is InChI=1S/C13H28N4O2S2/c1-4-12-11-17(9-10-20-12)13(14-5-2)15-7-8-16-21(18,19)6-3/h12,16H,4-11H2,1-3H3,(H,14,15). The van der Waals surface area contributed by atoms with Crippen LogP contribution in [0.3, 0.4) is 0 Å². The first kappa shape index (κ1) is 18.6. The van der Waals surface area contributed by atoms with Gasteiger partial charge in [-0.05, 0) is 20.3 Å². The molecule has 124 valence electrons. The molecule has 0 aliphatic carbocycles. The molecular weight excluding hydrogens is 308 g/mol. The van der Waals surface area contributed by atoms with Gasteiger partial charge in [-0.1, -0.05) is 6.92 Å². The first-order chi connectivity index (χ1) is 10.0. The first-order valence-electron chi connectivity index (χ1n) is 7.64. The van der Waals surface area contributed by atoms with Crippen LogP contribution in [0.15, 0.2) is 4.99 Å². The summed E-state index contributed by atoms with van der Waals surface area (Å²) in [5.74, 6) is 2.12. The van der Waals surface area contributed by atoms with Crippen molar-refractivity contribution in [3.05, 3.63) is 0 Å². The van der Waals surface area contributed by atoms with Crippen LogP contribution in [0.2, 0.25) is 0 Å². The maximum atomic E-state index is 11.4. The van der Waals surface area contributed by atoms with Gasteiger partial charge in [-0.3, -0.25) is 4.99 Å². The van der Waals surface area contributed by atoms with E-state index in [4.69, 9.17) is 0 Å². The second-order valence-electron chi connectivity index (χ2n) is 4.88. The Balaban J connectivity index is 2.53. The molecule has 0 saturated carbocycles. The maximum absolute atomic E-state index is 11.4. The van der Waals surface area contributed by atoms with Crippen molar-refractivity contribution < 1.29 is 8.42 Å². The number of aliphatic imine (C=N–C) groups is 1. The molecule has 0 aromatic heterocycles. The lowest BCUT2D eigenvalue weighted by molar-refractivity contribution is 0.408. The third-order valence-corrected chi connectivity index (χ3v) is 6.08. The first-order valence-corrected chi connectivity index (χ1v) is 10.3. The fourth-order valence-corrected chi connectivity index (χ4v) is 3.84. The van der Waals surface area contributed by atoms with E-state index in [1.807, 2.05) is 18.7 Å². The predicted molar refractivity (Wildman–Crippen MR) is 91.6 cm³/mol. The quantitative estimate of drug-likeness (QED) is 0.407. The van der Waals surface area contributed by atoms with Gasteiger partial charge in [0.2, 0.25) is 10.0 Å². The normalized spacial score (nSPS) is 20.6. The summed E-state index contributed by atoms with van der Waals surface area (Å²) < 4.78 is 25.3. The highest BCUT2D eigenvalue weighted by atomic mass is 32.2. The van der Waals surface area contributed by atoms with Crippen LogP contribution in [0.5, 0.6) is 0 Å². The van der Waals surface area contributed by atoms with Crippen molar-refractivity contribution >= 4 is 27.7 Å². The van der Waals surface area contributed by atoms with E-state index in [-0.39, 0.29) is 5.75 Å². The number of nitrogens with one attached hydrogen (secondary N) is 2. The number of thioether (sulfide) groups is 1. The summed E-state index contributed by atoms with van der Waals surface area (Å²) in [7, 11) is -3.12. The number of rotatable bonds is 7. The molecule has 1 rings (SSSR count). The molecule has 0 aromatic carbocycles. The summed E-state index contributed by atoms with van der Waals surface area (Å²) >= 11 is 2.02. The third kappa shape index (κ3) is 6.88. The molecule has 0 bridgehead atoms. The van der Waals surface area contributed by atoms with Gasteiger partial charge in [0.1, 0.15) is 0 Å². The van der Waals surface area contributed by atoms with Gasteiger partial charge in [-0.2, -0.15) is 11.8 Å². The van der Waals surface area contributed by atoms with E-state index in [0.717, 1.165) is 37.8 Å². The minimum absolute atomic E-state index is 0.109. The van der Waals surface area contributed by atoms with Gasteiger partial charge in [-0.25, -0.2) is 13.1 Å². The molecule has 1 atom stereocenters. The van der Waals surface area contributed by atoms with Crippen molar-refractivity contribution in [2.24, 2.45) is 4.99 Å². The molecule has 8 heteroatoms. The van der Waals surface area contributed by atoms with Crippen molar-refractivity contribution in [3.8, 4) is 0 Å². The SMILES string of the molecule is CCNC(=NCCNS(=O)(=O)CC)N1CCSC(CC)C1. The predicted octanol–water partition coefficient (Wildman–Crippen LogP) is 0.719. The fourth-order valence-electron chi connectivity index (χ4n) is 2.05. The van der Waals surface area contributed by atoms with Gasteiger partial charge in [0.05, 0.1) is 12.3 Å². The number of guanidine groups is 1. The Bertz CT molecular complexity index is 426. The summed E-state index contributed by atoms with van der Waals surface area (Å²) in [5, 5.41) is 3.95. The molecule has 0 radical (unpaired) electrons. The zero-order valence-electron chi connectivity index (χ0n) is 13.3. The summed E-state index contributed by atoms with van der Waals surface area (Å²) in [6.07, 6.45) is 1.16. The summed E-state index contributed by atoms with van der Waals surface area (Å²) in [6.45, 7) is 9.52. The van der Waals surface area contributed by atoms with Crippen LogP contribution in [0.4, 0.5) is 0 Å². The maximum Gasteiger partial charge on any atom is 0.211 e. The average molecular weight is 337 g/mol. The van der Waals surface area contributed by atoms with Crippen LogP contribution < -0.4 is 10.0 Å². The summed E-state index contributed by atoms with van der Waals surface area (Å²) in [5.41, 5.74) is 0. The Hall–Kier alpha value is -0.470. The summed E-state index contributed by atoms with van der Waals surface area (Å²) in [6, 6.07) is 0. The Morgan fingerprint density at radius 1 is 1.38 bits per heavy atom. The third-order valence-electron chi connectivity index (χ3n) is 3.30. The molecule has 0 amide bonds. The second-order valence-corrected chi connectivity index (χ2v) is 8.38. The molecule has 21 heavy (non-hydrogen) atoms. The van der Waals surface area contributed by atoms with Crippen LogP contribution in [-0.4, -0.2) is 68.8 Å². The molecule has 0 aromatic rings. The lowest BCUT2D eigenvalue weighted by Crippen LogP contribution is -2.48. The Labute approximate surface area is 133 Å². The number of nitrogens with zero attached hydrogens (tertiary/aromatic N) is 2. The van der Waals surface area contributed by atoms with Crippen molar-refractivity contribution in [1.29, 1.82) is 0 Å². The molecule has 0 spiro atoms. The highest BCUT2D eigenvalue weighted by Gasteiger charge is 2.21.